The number of hydrogen-bond donors (Lipinski definition) is 2. The van der Waals surface area contributed by atoms with Crippen LogP contribution in [-0.4, -0.2) is 28.4 Å². The fraction of sp³-hybridized carbons (Fsp3) is 0.636. The molecule has 2 aliphatic rings. The van der Waals surface area contributed by atoms with Crippen molar-refractivity contribution in [1.82, 2.24) is 9.88 Å². The van der Waals surface area contributed by atoms with Gasteiger partial charge >= 0.3 is 0 Å². The first kappa shape index (κ1) is 17.1. The Hall–Kier alpha value is -1.32. The van der Waals surface area contributed by atoms with E-state index in [-0.39, 0.29) is 6.10 Å². The summed E-state index contributed by atoms with van der Waals surface area (Å²) >= 11 is 0. The summed E-state index contributed by atoms with van der Waals surface area (Å²) in [5.41, 5.74) is 5.66. The molecule has 1 aromatic carbocycles. The summed E-state index contributed by atoms with van der Waals surface area (Å²) in [4.78, 5) is 0. The second-order valence-corrected chi connectivity index (χ2v) is 8.16. The van der Waals surface area contributed by atoms with Gasteiger partial charge in [0.25, 0.3) is 0 Å². The zero-order chi connectivity index (χ0) is 17.2. The van der Waals surface area contributed by atoms with Crippen LogP contribution in [0.5, 0.6) is 0 Å². The van der Waals surface area contributed by atoms with E-state index in [0.29, 0.717) is 19.1 Å². The van der Waals surface area contributed by atoms with Crippen LogP contribution in [0.25, 0.3) is 10.9 Å². The molecule has 0 unspecified atom stereocenters. The van der Waals surface area contributed by atoms with E-state index in [1.807, 2.05) is 0 Å². The lowest BCUT2D eigenvalue weighted by Crippen LogP contribution is -2.38. The van der Waals surface area contributed by atoms with Gasteiger partial charge in [-0.15, -0.1) is 0 Å². The van der Waals surface area contributed by atoms with E-state index in [0.717, 1.165) is 6.42 Å². The van der Waals surface area contributed by atoms with Crippen LogP contribution in [0.3, 0.4) is 0 Å². The van der Waals surface area contributed by atoms with E-state index >= 15 is 0 Å². The normalized spacial score (nSPS) is 19.9. The number of aryl methyl sites for hydroxylation is 2. The van der Waals surface area contributed by atoms with Gasteiger partial charge in [-0.3, -0.25) is 0 Å². The first-order chi connectivity index (χ1) is 12.2. The van der Waals surface area contributed by atoms with Crippen molar-refractivity contribution in [3.63, 3.8) is 0 Å². The van der Waals surface area contributed by atoms with Crippen molar-refractivity contribution >= 4 is 10.9 Å². The molecule has 0 radical (unpaired) electrons. The lowest BCUT2D eigenvalue weighted by atomic mass is 9.95. The molecule has 0 saturated heterocycles. The SMILES string of the molecule is Cc1ccc2c(c1)c1c(n2C[C@H](O)CNC2CCCCC2)CCCC1. The number of fused-ring (bicyclic) bond motifs is 3. The summed E-state index contributed by atoms with van der Waals surface area (Å²) in [5, 5.41) is 15.7. The third-order valence-electron chi connectivity index (χ3n) is 6.17. The summed E-state index contributed by atoms with van der Waals surface area (Å²) in [6.07, 6.45) is 11.2. The molecule has 2 aliphatic carbocycles. The van der Waals surface area contributed by atoms with Gasteiger partial charge in [0.2, 0.25) is 0 Å². The molecule has 1 fully saturated rings. The van der Waals surface area contributed by atoms with Crippen molar-refractivity contribution in [2.45, 2.75) is 83.4 Å². The molecule has 1 heterocycles. The van der Waals surface area contributed by atoms with Crippen LogP contribution in [-0.2, 0) is 19.4 Å². The standard InChI is InChI=1S/C22H32N2O/c1-16-11-12-22-20(13-16)19-9-5-6-10-21(19)24(22)15-18(25)14-23-17-7-3-2-4-8-17/h11-13,17-18,23,25H,2-10,14-15H2,1H3/t18-/m1/s1. The molecule has 2 aromatic rings. The second-order valence-electron chi connectivity index (χ2n) is 8.16. The third-order valence-corrected chi connectivity index (χ3v) is 6.17. The van der Waals surface area contributed by atoms with Crippen molar-refractivity contribution in [1.29, 1.82) is 0 Å². The monoisotopic (exact) mass is 340 g/mol. The van der Waals surface area contributed by atoms with Crippen LogP contribution >= 0.6 is 0 Å². The minimum atomic E-state index is -0.315. The molecule has 25 heavy (non-hydrogen) atoms. The molecule has 0 spiro atoms. The summed E-state index contributed by atoms with van der Waals surface area (Å²) in [6, 6.07) is 7.41. The molecule has 3 heteroatoms. The first-order valence-electron chi connectivity index (χ1n) is 10.2. The van der Waals surface area contributed by atoms with Crippen molar-refractivity contribution in [2.75, 3.05) is 6.54 Å². The molecular weight excluding hydrogens is 308 g/mol. The quantitative estimate of drug-likeness (QED) is 0.859. The van der Waals surface area contributed by atoms with E-state index in [1.165, 1.54) is 79.1 Å². The maximum absolute atomic E-state index is 10.7. The summed E-state index contributed by atoms with van der Waals surface area (Å²) < 4.78 is 2.41. The number of aromatic nitrogens is 1. The highest BCUT2D eigenvalue weighted by Crippen LogP contribution is 2.33. The highest BCUT2D eigenvalue weighted by atomic mass is 16.3. The smallest absolute Gasteiger partial charge is 0.0843 e. The van der Waals surface area contributed by atoms with Gasteiger partial charge in [0.15, 0.2) is 0 Å². The van der Waals surface area contributed by atoms with Crippen molar-refractivity contribution in [2.24, 2.45) is 0 Å². The summed E-state index contributed by atoms with van der Waals surface area (Å²) in [7, 11) is 0. The molecular formula is C22H32N2O. The van der Waals surface area contributed by atoms with Crippen LogP contribution in [0, 0.1) is 6.92 Å². The van der Waals surface area contributed by atoms with Gasteiger partial charge in [-0.2, -0.15) is 0 Å². The lowest BCUT2D eigenvalue weighted by Gasteiger charge is -2.25. The summed E-state index contributed by atoms with van der Waals surface area (Å²) in [5.74, 6) is 0. The Morgan fingerprint density at radius 2 is 1.92 bits per heavy atom. The zero-order valence-electron chi connectivity index (χ0n) is 15.6. The number of rotatable bonds is 5. The molecule has 136 valence electrons. The number of aliphatic hydroxyl groups is 1. The Kier molecular flexibility index (Phi) is 5.14. The Bertz CT molecular complexity index is 727. The van der Waals surface area contributed by atoms with Gasteiger partial charge in [0.05, 0.1) is 12.6 Å². The molecule has 1 atom stereocenters. The number of benzene rings is 1. The predicted molar refractivity (Wildman–Crippen MR) is 104 cm³/mol. The molecule has 3 nitrogen and oxygen atoms in total. The molecule has 1 saturated carbocycles. The molecule has 0 aliphatic heterocycles. The average Bonchev–Trinajstić information content (AvgIpc) is 2.94. The Balaban J connectivity index is 1.52. The van der Waals surface area contributed by atoms with Gasteiger partial charge in [-0.25, -0.2) is 0 Å². The topological polar surface area (TPSA) is 37.2 Å². The van der Waals surface area contributed by atoms with Crippen molar-refractivity contribution in [3.05, 3.63) is 35.0 Å². The molecule has 4 rings (SSSR count). The molecule has 1 aromatic heterocycles. The molecule has 0 amide bonds. The van der Waals surface area contributed by atoms with Gasteiger partial charge in [0, 0.05) is 29.2 Å². The van der Waals surface area contributed by atoms with Crippen LogP contribution in [0.4, 0.5) is 0 Å². The lowest BCUT2D eigenvalue weighted by molar-refractivity contribution is 0.144. The van der Waals surface area contributed by atoms with Gasteiger partial charge in [-0.05, 0) is 63.1 Å². The predicted octanol–water partition coefficient (Wildman–Crippen LogP) is 4.11. The highest BCUT2D eigenvalue weighted by molar-refractivity contribution is 5.86. The summed E-state index contributed by atoms with van der Waals surface area (Å²) in [6.45, 7) is 3.61. The van der Waals surface area contributed by atoms with E-state index in [9.17, 15) is 5.11 Å². The van der Waals surface area contributed by atoms with Gasteiger partial charge in [0.1, 0.15) is 0 Å². The Morgan fingerprint density at radius 3 is 2.76 bits per heavy atom. The zero-order valence-corrected chi connectivity index (χ0v) is 15.6. The van der Waals surface area contributed by atoms with E-state index in [1.54, 1.807) is 0 Å². The van der Waals surface area contributed by atoms with Crippen LogP contribution in [0.1, 0.15) is 61.8 Å². The van der Waals surface area contributed by atoms with Crippen LogP contribution in [0.2, 0.25) is 0 Å². The largest absolute Gasteiger partial charge is 0.390 e. The fourth-order valence-corrected chi connectivity index (χ4v) is 4.84. The van der Waals surface area contributed by atoms with Crippen molar-refractivity contribution in [3.8, 4) is 0 Å². The average molecular weight is 341 g/mol. The minimum absolute atomic E-state index is 0.315. The molecule has 0 bridgehead atoms. The molecule has 2 N–H and O–H groups in total. The number of nitrogens with zero attached hydrogens (tertiary/aromatic N) is 1. The first-order valence-corrected chi connectivity index (χ1v) is 10.2. The van der Waals surface area contributed by atoms with Crippen LogP contribution in [0.15, 0.2) is 18.2 Å². The Morgan fingerprint density at radius 1 is 1.12 bits per heavy atom. The fourth-order valence-electron chi connectivity index (χ4n) is 4.84. The van der Waals surface area contributed by atoms with E-state index in [4.69, 9.17) is 0 Å². The third kappa shape index (κ3) is 3.63. The minimum Gasteiger partial charge on any atom is -0.390 e. The number of aliphatic hydroxyl groups excluding tert-OH is 1. The number of nitrogens with one attached hydrogen (secondary N) is 1. The van der Waals surface area contributed by atoms with Gasteiger partial charge < -0.3 is 15.0 Å². The van der Waals surface area contributed by atoms with E-state index in [2.05, 4.69) is 35.0 Å². The number of hydrogen-bond acceptors (Lipinski definition) is 2. The van der Waals surface area contributed by atoms with Crippen LogP contribution < -0.4 is 5.32 Å². The van der Waals surface area contributed by atoms with E-state index < -0.39 is 0 Å². The highest BCUT2D eigenvalue weighted by Gasteiger charge is 2.22. The van der Waals surface area contributed by atoms with Crippen molar-refractivity contribution < 1.29 is 5.11 Å². The maximum Gasteiger partial charge on any atom is 0.0843 e. The second kappa shape index (κ2) is 7.51. The maximum atomic E-state index is 10.7. The van der Waals surface area contributed by atoms with Gasteiger partial charge in [-0.1, -0.05) is 30.9 Å². The Labute approximate surface area is 151 Å².